The van der Waals surface area contributed by atoms with E-state index in [4.69, 9.17) is 14.2 Å². The summed E-state index contributed by atoms with van der Waals surface area (Å²) in [6.07, 6.45) is 2.37. The second-order valence-corrected chi connectivity index (χ2v) is 14.9. The molecule has 0 radical (unpaired) electrons. The number of aliphatic hydroxyl groups excluding tert-OH is 7. The number of hydrogen-bond acceptors (Lipinski definition) is 14. The second kappa shape index (κ2) is 19.6. The van der Waals surface area contributed by atoms with Gasteiger partial charge in [-0.05, 0) is 34.1 Å². The Morgan fingerprint density at radius 2 is 1.27 bits per heavy atom. The van der Waals surface area contributed by atoms with Gasteiger partial charge in [0.2, 0.25) is 0 Å². The van der Waals surface area contributed by atoms with Crippen molar-refractivity contribution in [3.05, 3.63) is 24.3 Å². The standard InChI is InChI=1S/2C19H32O7/c1-5-7-11(3)17-18(4,26-17)16(23)12(9-20)15(22)13-10-25-19(24,6-2)8-14(13)21;1-5-7-11(3)18-19(4,26-18)17(25)14(10-21)16(24)13(9-20)15(23)8-12(22)6-2/h5,7,11-14,16-17,20-21,23-24H,6,8-10H2,1-4H3;5,7,11,13-15,17-18,20-21,23,25H,6,8-10H2,1-4H3/b2*7-5-/t11-,12-,13+,14+,16-,17+,18+,19?;11-,13+,14-,15+,17-,18+,19+/m00/s1. The largest absolute Gasteiger partial charge is 0.396 e. The van der Waals surface area contributed by atoms with Crippen LogP contribution in [0.4, 0.5) is 0 Å². The van der Waals surface area contributed by atoms with Crippen molar-refractivity contribution in [1.82, 2.24) is 0 Å². The molecule has 0 aliphatic carbocycles. The van der Waals surface area contributed by atoms with Crippen molar-refractivity contribution >= 4 is 17.3 Å². The number of allylic oxidation sites excluding steroid dienone is 2. The highest BCUT2D eigenvalue weighted by atomic mass is 16.6. The van der Waals surface area contributed by atoms with Crippen LogP contribution in [0, 0.1) is 35.5 Å². The van der Waals surface area contributed by atoms with Crippen molar-refractivity contribution in [2.75, 3.05) is 26.4 Å². The molecule has 3 heterocycles. The zero-order chi connectivity index (χ0) is 39.8. The first-order valence-electron chi connectivity index (χ1n) is 18.4. The molecule has 1 unspecified atom stereocenters. The minimum atomic E-state index is -1.44. The Kier molecular flexibility index (Phi) is 17.4. The van der Waals surface area contributed by atoms with Crippen molar-refractivity contribution in [2.24, 2.45) is 35.5 Å². The number of ether oxygens (including phenoxy) is 3. The van der Waals surface area contributed by atoms with Crippen LogP contribution in [0.15, 0.2) is 24.3 Å². The molecule has 0 aromatic carbocycles. The minimum Gasteiger partial charge on any atom is -0.396 e. The molecule has 0 aromatic heterocycles. The second-order valence-electron chi connectivity index (χ2n) is 14.9. The van der Waals surface area contributed by atoms with Crippen LogP contribution in [-0.2, 0) is 28.6 Å². The van der Waals surface area contributed by atoms with Gasteiger partial charge in [0, 0.05) is 31.1 Å². The van der Waals surface area contributed by atoms with Crippen LogP contribution in [0.5, 0.6) is 0 Å². The summed E-state index contributed by atoms with van der Waals surface area (Å²) < 4.78 is 16.7. The van der Waals surface area contributed by atoms with Crippen LogP contribution < -0.4 is 0 Å². The fraction of sp³-hybridized carbons (Fsp3) is 0.816. The van der Waals surface area contributed by atoms with E-state index in [0.717, 1.165) is 0 Å². The Bertz CT molecular complexity index is 1240. The predicted molar refractivity (Wildman–Crippen MR) is 189 cm³/mol. The van der Waals surface area contributed by atoms with E-state index in [9.17, 15) is 55.2 Å². The molecule has 0 bridgehead atoms. The molecular formula is C38H64O14. The first-order chi connectivity index (χ1) is 24.3. The lowest BCUT2D eigenvalue weighted by Crippen LogP contribution is -2.53. The first-order valence-corrected chi connectivity index (χ1v) is 18.4. The molecule has 0 spiro atoms. The zero-order valence-corrected chi connectivity index (χ0v) is 31.9. The molecule has 0 aromatic rings. The Morgan fingerprint density at radius 1 is 0.808 bits per heavy atom. The summed E-state index contributed by atoms with van der Waals surface area (Å²) in [5, 5.41) is 80.8. The van der Waals surface area contributed by atoms with Crippen LogP contribution in [0.25, 0.3) is 0 Å². The van der Waals surface area contributed by atoms with Gasteiger partial charge in [0.05, 0.1) is 86.7 Å². The maximum absolute atomic E-state index is 12.8. The molecule has 300 valence electrons. The Hall–Kier alpha value is -1.95. The number of hydrogen-bond donors (Lipinski definition) is 8. The normalized spacial score (nSPS) is 34.7. The quantitative estimate of drug-likeness (QED) is 0.0630. The van der Waals surface area contributed by atoms with Gasteiger partial charge in [-0.3, -0.25) is 14.4 Å². The maximum atomic E-state index is 12.8. The van der Waals surface area contributed by atoms with Crippen LogP contribution >= 0.6 is 0 Å². The number of epoxide rings is 2. The smallest absolute Gasteiger partial charge is 0.167 e. The van der Waals surface area contributed by atoms with Crippen molar-refractivity contribution < 1.29 is 69.4 Å². The molecule has 3 aliphatic rings. The highest BCUT2D eigenvalue weighted by Crippen LogP contribution is 2.48. The van der Waals surface area contributed by atoms with E-state index in [0.29, 0.717) is 6.42 Å². The van der Waals surface area contributed by atoms with Crippen LogP contribution in [-0.4, -0.2) is 138 Å². The van der Waals surface area contributed by atoms with Gasteiger partial charge in [-0.25, -0.2) is 0 Å². The number of carbonyl (C=O) groups excluding carboxylic acids is 3. The molecule has 3 rings (SSSR count). The summed E-state index contributed by atoms with van der Waals surface area (Å²) in [5.41, 5.74) is -1.92. The average Bonchev–Trinajstić information content (AvgIpc) is 4.00. The molecule has 0 saturated carbocycles. The van der Waals surface area contributed by atoms with Crippen molar-refractivity contribution in [3.8, 4) is 0 Å². The van der Waals surface area contributed by atoms with E-state index in [1.807, 2.05) is 52.0 Å². The van der Waals surface area contributed by atoms with Gasteiger partial charge in [0.1, 0.15) is 28.6 Å². The van der Waals surface area contributed by atoms with Gasteiger partial charge in [-0.2, -0.15) is 0 Å². The third-order valence-electron chi connectivity index (χ3n) is 11.1. The lowest BCUT2D eigenvalue weighted by Gasteiger charge is -2.39. The lowest BCUT2D eigenvalue weighted by atomic mass is 9.78. The maximum Gasteiger partial charge on any atom is 0.167 e. The van der Waals surface area contributed by atoms with E-state index < -0.39 is 96.5 Å². The summed E-state index contributed by atoms with van der Waals surface area (Å²) in [7, 11) is 0. The monoisotopic (exact) mass is 744 g/mol. The molecule has 8 N–H and O–H groups in total. The van der Waals surface area contributed by atoms with Gasteiger partial charge < -0.3 is 55.1 Å². The van der Waals surface area contributed by atoms with Crippen LogP contribution in [0.1, 0.15) is 81.1 Å². The predicted octanol–water partition coefficient (Wildman–Crippen LogP) is 0.624. The number of rotatable bonds is 20. The van der Waals surface area contributed by atoms with Gasteiger partial charge in [-0.1, -0.05) is 52.0 Å². The number of aliphatic hydroxyl groups is 8. The van der Waals surface area contributed by atoms with Crippen LogP contribution in [0.3, 0.4) is 0 Å². The summed E-state index contributed by atoms with van der Waals surface area (Å²) >= 11 is 0. The molecular weight excluding hydrogens is 680 g/mol. The fourth-order valence-corrected chi connectivity index (χ4v) is 7.39. The lowest BCUT2D eigenvalue weighted by molar-refractivity contribution is -0.258. The topological polar surface area (TPSA) is 247 Å². The molecule has 14 heteroatoms. The molecule has 3 aliphatic heterocycles. The molecule has 15 atom stereocenters. The van der Waals surface area contributed by atoms with Crippen molar-refractivity contribution in [3.63, 3.8) is 0 Å². The number of ketones is 3. The van der Waals surface area contributed by atoms with Gasteiger partial charge in [0.25, 0.3) is 0 Å². The highest BCUT2D eigenvalue weighted by Gasteiger charge is 2.63. The minimum absolute atomic E-state index is 0.0236. The summed E-state index contributed by atoms with van der Waals surface area (Å²) in [4.78, 5) is 37.1. The van der Waals surface area contributed by atoms with Gasteiger partial charge in [0.15, 0.2) is 5.79 Å². The average molecular weight is 745 g/mol. The number of Topliss-reactive ketones (excluding diaryl/α,β-unsaturated/α-hetero) is 3. The Balaban J connectivity index is 0.000000360. The van der Waals surface area contributed by atoms with Gasteiger partial charge in [-0.15, -0.1) is 0 Å². The fourth-order valence-electron chi connectivity index (χ4n) is 7.39. The zero-order valence-electron chi connectivity index (χ0n) is 31.9. The third-order valence-corrected chi connectivity index (χ3v) is 11.1. The van der Waals surface area contributed by atoms with E-state index in [1.54, 1.807) is 27.7 Å². The number of carbonyl (C=O) groups is 3. The molecule has 3 fully saturated rings. The van der Waals surface area contributed by atoms with Crippen molar-refractivity contribution in [2.45, 2.75) is 135 Å². The Morgan fingerprint density at radius 3 is 1.65 bits per heavy atom. The molecule has 14 nitrogen and oxygen atoms in total. The SMILES string of the molecule is C/C=C\[C@H](C)[C@H]1O[C@]1(C)[C@@H](O)[C@@H](CO)C(=O)[C@@H]1COC(O)(CC)C[C@H]1O.C/C=C\[C@H](C)[C@H]1O[C@]1(C)[C@@H](O)[C@@H](CO)C(=O)[C@H](CO)[C@H](O)CC(=O)CC. The van der Waals surface area contributed by atoms with E-state index in [2.05, 4.69) is 0 Å². The first kappa shape index (κ1) is 46.2. The molecule has 0 amide bonds. The van der Waals surface area contributed by atoms with Gasteiger partial charge >= 0.3 is 0 Å². The Labute approximate surface area is 307 Å². The molecule has 52 heavy (non-hydrogen) atoms. The summed E-state index contributed by atoms with van der Waals surface area (Å²) in [6.45, 7) is 12.4. The summed E-state index contributed by atoms with van der Waals surface area (Å²) in [5.74, 6) is -7.18. The molecule has 3 saturated heterocycles. The summed E-state index contributed by atoms with van der Waals surface area (Å²) in [6, 6.07) is 0. The van der Waals surface area contributed by atoms with E-state index >= 15 is 0 Å². The van der Waals surface area contributed by atoms with Crippen molar-refractivity contribution in [1.29, 1.82) is 0 Å². The highest BCUT2D eigenvalue weighted by molar-refractivity contribution is 5.86. The van der Waals surface area contributed by atoms with E-state index in [1.165, 1.54) is 0 Å². The van der Waals surface area contributed by atoms with Crippen LogP contribution in [0.2, 0.25) is 0 Å². The van der Waals surface area contributed by atoms with E-state index in [-0.39, 0.29) is 55.7 Å². The third kappa shape index (κ3) is 10.6.